The number of carbonyl (C=O) groups excluding carboxylic acids is 1. The molecule has 0 aliphatic rings. The summed E-state index contributed by atoms with van der Waals surface area (Å²) in [7, 11) is -4.77. The molecule has 0 saturated carbocycles. The molecule has 3 aromatic rings. The second kappa shape index (κ2) is 9.11. The van der Waals surface area contributed by atoms with Gasteiger partial charge < -0.3 is 19.3 Å². The van der Waals surface area contributed by atoms with E-state index in [2.05, 4.69) is 10.3 Å². The quantitative estimate of drug-likeness (QED) is 0.446. The second-order valence-electron chi connectivity index (χ2n) is 6.54. The lowest BCUT2D eigenvalue weighted by atomic mass is 10.2. The van der Waals surface area contributed by atoms with Crippen molar-refractivity contribution in [3.05, 3.63) is 59.1 Å². The molecule has 0 radical (unpaired) electrons. The number of amides is 1. The van der Waals surface area contributed by atoms with Gasteiger partial charge in [0.1, 0.15) is 23.1 Å². The van der Waals surface area contributed by atoms with Crippen LogP contribution in [-0.4, -0.2) is 26.8 Å². The summed E-state index contributed by atoms with van der Waals surface area (Å²) in [6.07, 6.45) is 0.752. The fourth-order valence-electron chi connectivity index (χ4n) is 2.51. The van der Waals surface area contributed by atoms with E-state index in [4.69, 9.17) is 19.3 Å². The zero-order chi connectivity index (χ0) is 22.8. The van der Waals surface area contributed by atoms with E-state index in [0.29, 0.717) is 11.3 Å². The molecular weight excluding hydrogens is 453 g/mol. The summed E-state index contributed by atoms with van der Waals surface area (Å²) in [6.45, 7) is 3.56. The van der Waals surface area contributed by atoms with Crippen LogP contribution in [0.25, 0.3) is 0 Å². The van der Waals surface area contributed by atoms with Gasteiger partial charge in [-0.25, -0.2) is 9.37 Å². The predicted octanol–water partition coefficient (Wildman–Crippen LogP) is 4.06. The molecule has 12 heteroatoms. The van der Waals surface area contributed by atoms with Crippen molar-refractivity contribution in [2.75, 3.05) is 5.32 Å². The van der Waals surface area contributed by atoms with Gasteiger partial charge in [0.25, 0.3) is 5.91 Å². The summed E-state index contributed by atoms with van der Waals surface area (Å²) in [6, 6.07) is 7.19. The normalized spacial score (nSPS) is 11.5. The number of hydrogen-bond donors (Lipinski definition) is 3. The van der Waals surface area contributed by atoms with Crippen molar-refractivity contribution in [2.24, 2.45) is 0 Å². The number of rotatable bonds is 7. The van der Waals surface area contributed by atoms with Gasteiger partial charge in [-0.05, 0) is 38.1 Å². The molecule has 0 atom stereocenters. The van der Waals surface area contributed by atoms with Crippen LogP contribution < -0.4 is 20.1 Å². The molecule has 164 valence electrons. The Morgan fingerprint density at radius 1 is 1.13 bits per heavy atom. The molecule has 0 fully saturated rings. The molecule has 3 N–H and O–H groups in total. The SMILES string of the molecule is CC(C)Oc1cc(Oc2ccc(P(=O)(O)O)c(F)c2)cc(C(=O)Nc2ncc(F)s2)c1. The Bertz CT molecular complexity index is 1160. The number of benzene rings is 2. The number of halogens is 2. The topological polar surface area (TPSA) is 118 Å². The van der Waals surface area contributed by atoms with Crippen LogP contribution in [-0.2, 0) is 4.57 Å². The molecule has 0 aliphatic carbocycles. The van der Waals surface area contributed by atoms with Crippen LogP contribution >= 0.6 is 18.9 Å². The summed E-state index contributed by atoms with van der Waals surface area (Å²) in [5.41, 5.74) is 0.107. The summed E-state index contributed by atoms with van der Waals surface area (Å²) in [5, 5.41) is 1.20. The van der Waals surface area contributed by atoms with Gasteiger partial charge in [0.15, 0.2) is 10.3 Å². The summed E-state index contributed by atoms with van der Waals surface area (Å²) in [5.74, 6) is -1.39. The van der Waals surface area contributed by atoms with Crippen LogP contribution in [0.5, 0.6) is 17.2 Å². The second-order valence-corrected chi connectivity index (χ2v) is 9.09. The van der Waals surface area contributed by atoms with Crippen molar-refractivity contribution in [2.45, 2.75) is 20.0 Å². The maximum absolute atomic E-state index is 14.1. The Labute approximate surface area is 179 Å². The third-order valence-electron chi connectivity index (χ3n) is 3.68. The number of aromatic nitrogens is 1. The molecule has 2 aromatic carbocycles. The van der Waals surface area contributed by atoms with E-state index in [1.165, 1.54) is 24.3 Å². The van der Waals surface area contributed by atoms with Crippen molar-refractivity contribution in [1.82, 2.24) is 4.98 Å². The fraction of sp³-hybridized carbons (Fsp3) is 0.158. The van der Waals surface area contributed by atoms with Gasteiger partial charge in [-0.1, -0.05) is 11.3 Å². The molecule has 0 spiro atoms. The first kappa shape index (κ1) is 22.8. The molecular formula is C19H17F2N2O6PS. The molecule has 0 aliphatic heterocycles. The average Bonchev–Trinajstić information content (AvgIpc) is 3.04. The Morgan fingerprint density at radius 2 is 1.84 bits per heavy atom. The maximum Gasteiger partial charge on any atom is 0.359 e. The van der Waals surface area contributed by atoms with Gasteiger partial charge >= 0.3 is 7.60 Å². The standard InChI is InChI=1S/C19H17F2N2O6PS/c1-10(2)28-13-5-11(18(24)23-19-22-9-17(21)31-19)6-14(7-13)29-12-3-4-16(15(20)8-12)30(25,26)27/h3-10H,1-2H3,(H,22,23,24)(H2,25,26,27). The largest absolute Gasteiger partial charge is 0.491 e. The first-order valence-corrected chi connectivity index (χ1v) is 11.2. The highest BCUT2D eigenvalue weighted by Crippen LogP contribution is 2.36. The van der Waals surface area contributed by atoms with Gasteiger partial charge in [0.05, 0.1) is 17.6 Å². The Hall–Kier alpha value is -2.85. The highest BCUT2D eigenvalue weighted by molar-refractivity contribution is 7.60. The number of ether oxygens (including phenoxy) is 2. The Morgan fingerprint density at radius 3 is 2.42 bits per heavy atom. The summed E-state index contributed by atoms with van der Waals surface area (Å²) in [4.78, 5) is 34.5. The number of anilines is 1. The molecule has 1 heterocycles. The lowest BCUT2D eigenvalue weighted by Crippen LogP contribution is -2.13. The minimum absolute atomic E-state index is 0.0512. The molecule has 1 amide bonds. The maximum atomic E-state index is 14.1. The third-order valence-corrected chi connectivity index (χ3v) is 5.37. The van der Waals surface area contributed by atoms with Crippen molar-refractivity contribution >= 4 is 35.3 Å². The lowest BCUT2D eigenvalue weighted by molar-refractivity contribution is 0.102. The number of carbonyl (C=O) groups is 1. The van der Waals surface area contributed by atoms with Gasteiger partial charge in [-0.3, -0.25) is 14.7 Å². The van der Waals surface area contributed by atoms with E-state index in [0.717, 1.165) is 18.3 Å². The van der Waals surface area contributed by atoms with Crippen LogP contribution in [0.4, 0.5) is 13.9 Å². The predicted molar refractivity (Wildman–Crippen MR) is 110 cm³/mol. The molecule has 8 nitrogen and oxygen atoms in total. The first-order valence-electron chi connectivity index (χ1n) is 8.79. The molecule has 0 bridgehead atoms. The summed E-state index contributed by atoms with van der Waals surface area (Å²) >= 11 is 0.660. The number of thiazole rings is 1. The monoisotopic (exact) mass is 470 g/mol. The zero-order valence-electron chi connectivity index (χ0n) is 16.2. The zero-order valence-corrected chi connectivity index (χ0v) is 17.9. The molecule has 3 rings (SSSR count). The molecule has 31 heavy (non-hydrogen) atoms. The van der Waals surface area contributed by atoms with E-state index in [1.807, 2.05) is 0 Å². The molecule has 0 unspecified atom stereocenters. The number of nitrogens with zero attached hydrogens (tertiary/aromatic N) is 1. The van der Waals surface area contributed by atoms with Crippen molar-refractivity contribution in [3.63, 3.8) is 0 Å². The van der Waals surface area contributed by atoms with Crippen LogP contribution in [0.2, 0.25) is 0 Å². The Kier molecular flexibility index (Phi) is 6.71. The average molecular weight is 470 g/mol. The van der Waals surface area contributed by atoms with Crippen molar-refractivity contribution in [1.29, 1.82) is 0 Å². The first-order chi connectivity index (χ1) is 14.5. The van der Waals surface area contributed by atoms with Crippen molar-refractivity contribution in [3.8, 4) is 17.2 Å². The van der Waals surface area contributed by atoms with E-state index in [9.17, 15) is 18.1 Å². The highest BCUT2D eigenvalue weighted by atomic mass is 32.1. The van der Waals surface area contributed by atoms with E-state index in [-0.39, 0.29) is 34.0 Å². The van der Waals surface area contributed by atoms with E-state index in [1.54, 1.807) is 13.8 Å². The molecule has 1 aromatic heterocycles. The van der Waals surface area contributed by atoms with Gasteiger partial charge in [-0.2, -0.15) is 4.39 Å². The van der Waals surface area contributed by atoms with Crippen molar-refractivity contribution < 1.29 is 37.4 Å². The fourth-order valence-corrected chi connectivity index (χ4v) is 3.66. The third kappa shape index (κ3) is 6.08. The number of hydrogen-bond acceptors (Lipinski definition) is 6. The van der Waals surface area contributed by atoms with Crippen LogP contribution in [0.3, 0.4) is 0 Å². The van der Waals surface area contributed by atoms with E-state index >= 15 is 0 Å². The minimum Gasteiger partial charge on any atom is -0.491 e. The molecule has 0 saturated heterocycles. The van der Waals surface area contributed by atoms with Crippen LogP contribution in [0.15, 0.2) is 42.6 Å². The minimum atomic E-state index is -4.77. The van der Waals surface area contributed by atoms with Crippen LogP contribution in [0.1, 0.15) is 24.2 Å². The van der Waals surface area contributed by atoms with Gasteiger partial charge in [0.2, 0.25) is 0 Å². The summed E-state index contributed by atoms with van der Waals surface area (Å²) < 4.78 is 49.6. The highest BCUT2D eigenvalue weighted by Gasteiger charge is 2.22. The van der Waals surface area contributed by atoms with E-state index < -0.39 is 29.8 Å². The lowest BCUT2D eigenvalue weighted by Gasteiger charge is -2.14. The number of nitrogens with one attached hydrogen (secondary N) is 1. The van der Waals surface area contributed by atoms with Gasteiger partial charge in [0, 0.05) is 17.7 Å². The smallest absolute Gasteiger partial charge is 0.359 e. The Balaban J connectivity index is 1.90. The van der Waals surface area contributed by atoms with Gasteiger partial charge in [-0.15, -0.1) is 0 Å². The van der Waals surface area contributed by atoms with Crippen LogP contribution in [0, 0.1) is 10.9 Å².